The van der Waals surface area contributed by atoms with E-state index in [1.807, 2.05) is 19.1 Å². The first-order chi connectivity index (χ1) is 10.9. The van der Waals surface area contributed by atoms with Crippen molar-refractivity contribution in [1.29, 1.82) is 0 Å². The molecule has 1 heterocycles. The van der Waals surface area contributed by atoms with E-state index in [1.54, 1.807) is 6.20 Å². The Bertz CT molecular complexity index is 918. The van der Waals surface area contributed by atoms with Gasteiger partial charge in [-0.15, -0.1) is 0 Å². The van der Waals surface area contributed by atoms with Crippen LogP contribution >= 0.6 is 0 Å². The Morgan fingerprint density at radius 2 is 1.74 bits per heavy atom. The Kier molecular flexibility index (Phi) is 3.92. The van der Waals surface area contributed by atoms with E-state index in [9.17, 15) is 0 Å². The molecule has 3 aromatic rings. The number of fused-ring (bicyclic) bond motifs is 1. The van der Waals surface area contributed by atoms with E-state index in [-0.39, 0.29) is 5.41 Å². The third kappa shape index (κ3) is 3.43. The van der Waals surface area contributed by atoms with E-state index < -0.39 is 0 Å². The van der Waals surface area contributed by atoms with Gasteiger partial charge >= 0.3 is 0 Å². The molecule has 0 fully saturated rings. The lowest BCUT2D eigenvalue weighted by molar-refractivity contribution is 0.591. The van der Waals surface area contributed by atoms with E-state index in [4.69, 9.17) is 0 Å². The van der Waals surface area contributed by atoms with Crippen LogP contribution in [0, 0.1) is 18.8 Å². The lowest BCUT2D eigenvalue weighted by Crippen LogP contribution is -2.10. The molecule has 0 aliphatic heterocycles. The molecular formula is C22H21N. The second-order valence-corrected chi connectivity index (χ2v) is 6.93. The molecule has 0 atom stereocenters. The third-order valence-electron chi connectivity index (χ3n) is 3.98. The van der Waals surface area contributed by atoms with E-state index in [0.29, 0.717) is 0 Å². The number of hydrogen-bond donors (Lipinski definition) is 0. The van der Waals surface area contributed by atoms with Crippen LogP contribution in [0.4, 0.5) is 0 Å². The molecule has 0 bridgehead atoms. The maximum Gasteiger partial charge on any atom is 0.0385 e. The minimum absolute atomic E-state index is 0.157. The number of aromatic nitrogens is 1. The van der Waals surface area contributed by atoms with Gasteiger partial charge in [-0.05, 0) is 46.9 Å². The first-order valence-electron chi connectivity index (χ1n) is 7.91. The number of pyridine rings is 1. The summed E-state index contributed by atoms with van der Waals surface area (Å²) in [5.74, 6) is 6.56. The highest BCUT2D eigenvalue weighted by molar-refractivity contribution is 5.89. The number of benzene rings is 2. The van der Waals surface area contributed by atoms with Gasteiger partial charge in [0.1, 0.15) is 0 Å². The van der Waals surface area contributed by atoms with Crippen molar-refractivity contribution in [2.45, 2.75) is 33.1 Å². The van der Waals surface area contributed by atoms with Crippen LogP contribution in [0.25, 0.3) is 10.8 Å². The van der Waals surface area contributed by atoms with Gasteiger partial charge in [-0.1, -0.05) is 62.9 Å². The summed E-state index contributed by atoms with van der Waals surface area (Å²) in [6.07, 6.45) is 1.80. The van der Waals surface area contributed by atoms with Crippen LogP contribution in [0.1, 0.15) is 43.2 Å². The number of hydrogen-bond acceptors (Lipinski definition) is 1. The van der Waals surface area contributed by atoms with Crippen molar-refractivity contribution < 1.29 is 0 Å². The summed E-state index contributed by atoms with van der Waals surface area (Å²) >= 11 is 0. The van der Waals surface area contributed by atoms with Gasteiger partial charge in [0, 0.05) is 23.0 Å². The lowest BCUT2D eigenvalue weighted by atomic mass is 9.85. The second-order valence-electron chi connectivity index (χ2n) is 6.93. The van der Waals surface area contributed by atoms with Crippen molar-refractivity contribution in [2.75, 3.05) is 0 Å². The maximum absolute atomic E-state index is 4.21. The Morgan fingerprint density at radius 1 is 0.913 bits per heavy atom. The molecule has 0 aliphatic carbocycles. The summed E-state index contributed by atoms with van der Waals surface area (Å²) in [4.78, 5) is 4.21. The minimum atomic E-state index is 0.157. The number of aryl methyl sites for hydroxylation is 1. The number of nitrogens with zero attached hydrogens (tertiary/aromatic N) is 1. The van der Waals surface area contributed by atoms with Crippen molar-refractivity contribution in [3.63, 3.8) is 0 Å². The van der Waals surface area contributed by atoms with Gasteiger partial charge in [0.05, 0.1) is 0 Å². The van der Waals surface area contributed by atoms with E-state index in [0.717, 1.165) is 16.8 Å². The second kappa shape index (κ2) is 5.89. The third-order valence-corrected chi connectivity index (χ3v) is 3.98. The van der Waals surface area contributed by atoms with Crippen molar-refractivity contribution >= 4 is 10.8 Å². The highest BCUT2D eigenvalue weighted by atomic mass is 14.6. The van der Waals surface area contributed by atoms with Crippen LogP contribution in [0.5, 0.6) is 0 Å². The zero-order valence-electron chi connectivity index (χ0n) is 14.1. The van der Waals surface area contributed by atoms with Gasteiger partial charge < -0.3 is 0 Å². The largest absolute Gasteiger partial charge is 0.262 e. The predicted molar refractivity (Wildman–Crippen MR) is 97.6 cm³/mol. The molecule has 1 heteroatoms. The molecule has 0 N–H and O–H groups in total. The Balaban J connectivity index is 2.06. The summed E-state index contributed by atoms with van der Waals surface area (Å²) in [5, 5.41) is 2.45. The van der Waals surface area contributed by atoms with Crippen LogP contribution < -0.4 is 0 Å². The monoisotopic (exact) mass is 299 g/mol. The van der Waals surface area contributed by atoms with Crippen molar-refractivity contribution in [1.82, 2.24) is 4.98 Å². The van der Waals surface area contributed by atoms with Crippen molar-refractivity contribution in [3.05, 3.63) is 77.1 Å². The first kappa shape index (κ1) is 15.3. The molecule has 1 aromatic heterocycles. The summed E-state index contributed by atoms with van der Waals surface area (Å²) < 4.78 is 0. The van der Waals surface area contributed by atoms with E-state index in [2.05, 4.69) is 74.0 Å². The average molecular weight is 299 g/mol. The molecule has 0 aliphatic rings. The smallest absolute Gasteiger partial charge is 0.0385 e. The molecule has 1 nitrogen and oxygen atoms in total. The van der Waals surface area contributed by atoms with Gasteiger partial charge in [0.15, 0.2) is 0 Å². The lowest BCUT2D eigenvalue weighted by Gasteiger charge is -2.19. The van der Waals surface area contributed by atoms with Gasteiger partial charge in [-0.3, -0.25) is 4.98 Å². The molecule has 3 rings (SSSR count). The summed E-state index contributed by atoms with van der Waals surface area (Å²) in [6, 6.07) is 17.0. The van der Waals surface area contributed by atoms with Crippen LogP contribution in [0.3, 0.4) is 0 Å². The van der Waals surface area contributed by atoms with Gasteiger partial charge in [-0.2, -0.15) is 0 Å². The molecule has 0 saturated heterocycles. The summed E-state index contributed by atoms with van der Waals surface area (Å²) in [5.41, 5.74) is 4.56. The molecule has 114 valence electrons. The number of rotatable bonds is 0. The SMILES string of the molecule is Cc1cc(C#Cc2cccc3cc(C(C)(C)C)ccc23)ccn1. The van der Waals surface area contributed by atoms with Crippen LogP contribution in [-0.2, 0) is 5.41 Å². The summed E-state index contributed by atoms with van der Waals surface area (Å²) in [6.45, 7) is 8.70. The van der Waals surface area contributed by atoms with E-state index in [1.165, 1.54) is 16.3 Å². The van der Waals surface area contributed by atoms with Gasteiger partial charge in [0.25, 0.3) is 0 Å². The molecule has 0 spiro atoms. The fourth-order valence-electron chi connectivity index (χ4n) is 2.62. The fourth-order valence-corrected chi connectivity index (χ4v) is 2.62. The molecule has 2 aromatic carbocycles. The van der Waals surface area contributed by atoms with Crippen LogP contribution in [-0.4, -0.2) is 4.98 Å². The zero-order chi connectivity index (χ0) is 16.4. The molecule has 0 amide bonds. The average Bonchev–Trinajstić information content (AvgIpc) is 2.51. The van der Waals surface area contributed by atoms with Crippen molar-refractivity contribution in [3.8, 4) is 11.8 Å². The minimum Gasteiger partial charge on any atom is -0.262 e. The fraction of sp³-hybridized carbons (Fsp3) is 0.227. The zero-order valence-corrected chi connectivity index (χ0v) is 14.1. The van der Waals surface area contributed by atoms with Crippen molar-refractivity contribution in [2.24, 2.45) is 0 Å². The standard InChI is InChI=1S/C22H21N/c1-16-14-17(12-13-23-16)8-9-18-6-5-7-19-15-20(22(2,3)4)10-11-21(18)19/h5-7,10-15H,1-4H3. The molecular weight excluding hydrogens is 278 g/mol. The topological polar surface area (TPSA) is 12.9 Å². The van der Waals surface area contributed by atoms with E-state index >= 15 is 0 Å². The predicted octanol–water partition coefficient (Wildman–Crippen LogP) is 5.24. The first-order valence-corrected chi connectivity index (χ1v) is 7.91. The summed E-state index contributed by atoms with van der Waals surface area (Å²) in [7, 11) is 0. The molecule has 0 radical (unpaired) electrons. The quantitative estimate of drug-likeness (QED) is 0.517. The highest BCUT2D eigenvalue weighted by Crippen LogP contribution is 2.27. The molecule has 0 unspecified atom stereocenters. The van der Waals surface area contributed by atoms with Crippen LogP contribution in [0.15, 0.2) is 54.7 Å². The van der Waals surface area contributed by atoms with Gasteiger partial charge in [0.2, 0.25) is 0 Å². The Hall–Kier alpha value is -2.59. The van der Waals surface area contributed by atoms with Crippen LogP contribution in [0.2, 0.25) is 0 Å². The maximum atomic E-state index is 4.21. The highest BCUT2D eigenvalue weighted by Gasteiger charge is 2.13. The normalized spacial score (nSPS) is 11.1. The molecule has 0 saturated carbocycles. The molecule has 23 heavy (non-hydrogen) atoms. The Labute approximate surface area is 138 Å². The van der Waals surface area contributed by atoms with Gasteiger partial charge in [-0.25, -0.2) is 0 Å². The Morgan fingerprint density at radius 3 is 2.48 bits per heavy atom.